The Hall–Kier alpha value is -2.29. The van der Waals surface area contributed by atoms with Crippen LogP contribution < -0.4 is 10.1 Å². The second-order valence-electron chi connectivity index (χ2n) is 4.27. The molecule has 0 aromatic heterocycles. The van der Waals surface area contributed by atoms with Crippen molar-refractivity contribution in [1.29, 1.82) is 0 Å². The molecule has 1 N–H and O–H groups in total. The van der Waals surface area contributed by atoms with Gasteiger partial charge < -0.3 is 10.1 Å². The second-order valence-corrected chi connectivity index (χ2v) is 4.27. The maximum atomic E-state index is 10.7. The summed E-state index contributed by atoms with van der Waals surface area (Å²) in [6, 6.07) is 18.1. The van der Waals surface area contributed by atoms with Gasteiger partial charge in [-0.05, 0) is 23.3 Å². The van der Waals surface area contributed by atoms with E-state index in [0.717, 1.165) is 11.3 Å². The Morgan fingerprint density at radius 3 is 2.17 bits per heavy atom. The van der Waals surface area contributed by atoms with Gasteiger partial charge in [0, 0.05) is 0 Å². The molecular formula is C15H13NO2. The SMILES string of the molecule is O=C1C[C@H](Oc2ccc(-c3ccccc3)cc2)N1. The Morgan fingerprint density at radius 2 is 1.56 bits per heavy atom. The molecule has 1 aliphatic rings. The fourth-order valence-corrected chi connectivity index (χ4v) is 1.92. The summed E-state index contributed by atoms with van der Waals surface area (Å²) in [4.78, 5) is 10.7. The van der Waals surface area contributed by atoms with Crippen LogP contribution in [0.5, 0.6) is 5.75 Å². The molecule has 3 rings (SSSR count). The molecule has 0 unspecified atom stereocenters. The van der Waals surface area contributed by atoms with Crippen LogP contribution in [-0.2, 0) is 4.79 Å². The number of nitrogens with one attached hydrogen (secondary N) is 1. The van der Waals surface area contributed by atoms with Gasteiger partial charge in [0.25, 0.3) is 0 Å². The van der Waals surface area contributed by atoms with Crippen molar-refractivity contribution in [2.75, 3.05) is 0 Å². The molecule has 90 valence electrons. The van der Waals surface area contributed by atoms with Gasteiger partial charge in [0.15, 0.2) is 6.23 Å². The third kappa shape index (κ3) is 2.20. The number of hydrogen-bond acceptors (Lipinski definition) is 2. The first-order valence-corrected chi connectivity index (χ1v) is 5.93. The highest BCUT2D eigenvalue weighted by atomic mass is 16.5. The maximum absolute atomic E-state index is 10.7. The standard InChI is InChI=1S/C15H13NO2/c17-14-10-15(16-14)18-13-8-6-12(7-9-13)11-4-2-1-3-5-11/h1-9,15H,10H2,(H,16,17)/t15-/m0/s1. The molecule has 3 nitrogen and oxygen atoms in total. The summed E-state index contributed by atoms with van der Waals surface area (Å²) in [5.74, 6) is 0.820. The van der Waals surface area contributed by atoms with Gasteiger partial charge in [0.05, 0.1) is 6.42 Å². The van der Waals surface area contributed by atoms with E-state index in [1.54, 1.807) is 0 Å². The minimum atomic E-state index is -0.167. The van der Waals surface area contributed by atoms with E-state index in [1.807, 2.05) is 42.5 Å². The lowest BCUT2D eigenvalue weighted by molar-refractivity contribution is -0.134. The number of carbonyl (C=O) groups is 1. The fraction of sp³-hybridized carbons (Fsp3) is 0.133. The molecular weight excluding hydrogens is 226 g/mol. The highest BCUT2D eigenvalue weighted by Gasteiger charge is 2.26. The molecule has 0 radical (unpaired) electrons. The molecule has 1 aliphatic heterocycles. The van der Waals surface area contributed by atoms with E-state index < -0.39 is 0 Å². The second kappa shape index (κ2) is 4.53. The van der Waals surface area contributed by atoms with Crippen molar-refractivity contribution in [1.82, 2.24) is 5.32 Å². The zero-order chi connectivity index (χ0) is 12.4. The smallest absolute Gasteiger partial charge is 0.228 e. The van der Waals surface area contributed by atoms with Crippen molar-refractivity contribution < 1.29 is 9.53 Å². The van der Waals surface area contributed by atoms with E-state index >= 15 is 0 Å². The third-order valence-electron chi connectivity index (χ3n) is 2.93. The van der Waals surface area contributed by atoms with Crippen LogP contribution in [0.1, 0.15) is 6.42 Å². The molecule has 1 heterocycles. The zero-order valence-electron chi connectivity index (χ0n) is 9.80. The summed E-state index contributed by atoms with van der Waals surface area (Å²) in [6.07, 6.45) is 0.278. The summed E-state index contributed by atoms with van der Waals surface area (Å²) >= 11 is 0. The highest BCUT2D eigenvalue weighted by Crippen LogP contribution is 2.23. The number of carbonyl (C=O) groups excluding carboxylic acids is 1. The summed E-state index contributed by atoms with van der Waals surface area (Å²) in [5.41, 5.74) is 2.33. The first kappa shape index (κ1) is 10.8. The van der Waals surface area contributed by atoms with Gasteiger partial charge in [-0.1, -0.05) is 42.5 Å². The lowest BCUT2D eigenvalue weighted by Crippen LogP contribution is -2.51. The average molecular weight is 239 g/mol. The van der Waals surface area contributed by atoms with E-state index in [4.69, 9.17) is 4.74 Å². The van der Waals surface area contributed by atoms with Crippen molar-refractivity contribution in [2.45, 2.75) is 12.6 Å². The Bertz CT molecular complexity index is 540. The molecule has 0 spiro atoms. The first-order valence-electron chi connectivity index (χ1n) is 5.93. The fourth-order valence-electron chi connectivity index (χ4n) is 1.92. The van der Waals surface area contributed by atoms with Gasteiger partial charge in [-0.2, -0.15) is 0 Å². The molecule has 0 bridgehead atoms. The number of hydrogen-bond donors (Lipinski definition) is 1. The minimum Gasteiger partial charge on any atom is -0.470 e. The molecule has 0 aliphatic carbocycles. The topological polar surface area (TPSA) is 38.3 Å². The van der Waals surface area contributed by atoms with Gasteiger partial charge in [-0.15, -0.1) is 0 Å². The number of β-lactam (4-membered cyclic amide) rings is 1. The van der Waals surface area contributed by atoms with Crippen LogP contribution in [0.25, 0.3) is 11.1 Å². The van der Waals surface area contributed by atoms with E-state index in [-0.39, 0.29) is 12.1 Å². The predicted molar refractivity (Wildman–Crippen MR) is 69.1 cm³/mol. The van der Waals surface area contributed by atoms with Crippen LogP contribution in [0.2, 0.25) is 0 Å². The number of amides is 1. The molecule has 18 heavy (non-hydrogen) atoms. The molecule has 1 amide bonds. The monoisotopic (exact) mass is 239 g/mol. The van der Waals surface area contributed by atoms with Crippen LogP contribution in [0.4, 0.5) is 0 Å². The van der Waals surface area contributed by atoms with Crippen molar-refractivity contribution in [3.63, 3.8) is 0 Å². The van der Waals surface area contributed by atoms with Gasteiger partial charge in [0.2, 0.25) is 5.91 Å². The zero-order valence-corrected chi connectivity index (χ0v) is 9.80. The minimum absolute atomic E-state index is 0.0425. The van der Waals surface area contributed by atoms with Crippen molar-refractivity contribution in [3.8, 4) is 16.9 Å². The largest absolute Gasteiger partial charge is 0.470 e. The normalized spacial score (nSPS) is 17.8. The molecule has 3 heteroatoms. The number of rotatable bonds is 3. The lowest BCUT2D eigenvalue weighted by Gasteiger charge is -2.27. The van der Waals surface area contributed by atoms with Crippen LogP contribution in [0, 0.1) is 0 Å². The van der Waals surface area contributed by atoms with E-state index in [9.17, 15) is 4.79 Å². The summed E-state index contributed by atoms with van der Waals surface area (Å²) in [5, 5.41) is 2.68. The highest BCUT2D eigenvalue weighted by molar-refractivity contribution is 5.82. The molecule has 2 aromatic rings. The van der Waals surface area contributed by atoms with Crippen molar-refractivity contribution in [2.24, 2.45) is 0 Å². The Labute approximate surface area is 105 Å². The quantitative estimate of drug-likeness (QED) is 0.836. The first-order chi connectivity index (χ1) is 8.81. The van der Waals surface area contributed by atoms with E-state index in [2.05, 4.69) is 17.4 Å². The molecule has 2 aromatic carbocycles. The maximum Gasteiger partial charge on any atom is 0.228 e. The third-order valence-corrected chi connectivity index (χ3v) is 2.93. The Kier molecular flexibility index (Phi) is 2.73. The number of ether oxygens (including phenoxy) is 1. The van der Waals surface area contributed by atoms with E-state index in [1.165, 1.54) is 5.56 Å². The summed E-state index contributed by atoms with van der Waals surface area (Å²) < 4.78 is 5.58. The average Bonchev–Trinajstić information content (AvgIpc) is 2.39. The van der Waals surface area contributed by atoms with Crippen LogP contribution >= 0.6 is 0 Å². The van der Waals surface area contributed by atoms with Gasteiger partial charge in [-0.25, -0.2) is 0 Å². The summed E-state index contributed by atoms with van der Waals surface area (Å²) in [7, 11) is 0. The molecule has 0 saturated carbocycles. The van der Waals surface area contributed by atoms with Crippen LogP contribution in [-0.4, -0.2) is 12.1 Å². The van der Waals surface area contributed by atoms with Gasteiger partial charge >= 0.3 is 0 Å². The Balaban J connectivity index is 1.71. The Morgan fingerprint density at radius 1 is 0.944 bits per heavy atom. The van der Waals surface area contributed by atoms with Gasteiger partial charge in [0.1, 0.15) is 5.75 Å². The summed E-state index contributed by atoms with van der Waals surface area (Å²) in [6.45, 7) is 0. The molecule has 1 atom stereocenters. The lowest BCUT2D eigenvalue weighted by atomic mass is 10.1. The predicted octanol–water partition coefficient (Wildman–Crippen LogP) is 2.58. The van der Waals surface area contributed by atoms with Crippen LogP contribution in [0.15, 0.2) is 54.6 Å². The molecule has 1 fully saturated rings. The van der Waals surface area contributed by atoms with E-state index in [0.29, 0.717) is 6.42 Å². The van der Waals surface area contributed by atoms with Gasteiger partial charge in [-0.3, -0.25) is 4.79 Å². The van der Waals surface area contributed by atoms with Crippen molar-refractivity contribution in [3.05, 3.63) is 54.6 Å². The van der Waals surface area contributed by atoms with Crippen molar-refractivity contribution >= 4 is 5.91 Å². The molecule has 1 saturated heterocycles. The number of benzene rings is 2. The van der Waals surface area contributed by atoms with Crippen LogP contribution in [0.3, 0.4) is 0 Å².